The average Bonchev–Trinajstić information content (AvgIpc) is 3.23. The standard InChI is InChI=1S/C18H22N6O4S2/c1-22(28-2)17(25)15-13-21-18(29-15)24-9-7-23(8-10-24)6-3-11-30(26,27)14-4-5-16(19)20-12-14/h4-5,12-13H,6-10H2,1-2H3,(H2,19,20). The molecule has 0 aliphatic carbocycles. The molecule has 0 atom stereocenters. The third-order valence-electron chi connectivity index (χ3n) is 4.49. The van der Waals surface area contributed by atoms with Gasteiger partial charge in [0.25, 0.3) is 5.91 Å². The smallest absolute Gasteiger partial charge is 0.288 e. The predicted octanol–water partition coefficient (Wildman–Crippen LogP) is 0.311. The van der Waals surface area contributed by atoms with Gasteiger partial charge >= 0.3 is 0 Å². The van der Waals surface area contributed by atoms with Gasteiger partial charge in [0.1, 0.15) is 10.7 Å². The van der Waals surface area contributed by atoms with Crippen molar-refractivity contribution in [3.63, 3.8) is 0 Å². The third-order valence-corrected chi connectivity index (χ3v) is 6.81. The van der Waals surface area contributed by atoms with E-state index >= 15 is 0 Å². The highest BCUT2D eigenvalue weighted by Gasteiger charge is 2.21. The summed E-state index contributed by atoms with van der Waals surface area (Å²) in [7, 11) is -0.740. The SMILES string of the molecule is CON(C)C(=O)c1cnc(N2CCN(CC#CS(=O)(=O)c3ccc(N)nc3)CC2)s1. The number of nitrogens with zero attached hydrogens (tertiary/aromatic N) is 5. The first kappa shape index (κ1) is 22.0. The molecular weight excluding hydrogens is 428 g/mol. The van der Waals surface area contributed by atoms with Crippen LogP contribution in [0.2, 0.25) is 0 Å². The highest BCUT2D eigenvalue weighted by molar-refractivity contribution is 7.96. The molecule has 1 amide bonds. The molecule has 0 unspecified atom stereocenters. The Labute approximate surface area is 179 Å². The third kappa shape index (κ3) is 5.25. The van der Waals surface area contributed by atoms with E-state index in [9.17, 15) is 13.2 Å². The fourth-order valence-corrected chi connectivity index (χ4v) is 4.44. The molecule has 0 saturated carbocycles. The van der Waals surface area contributed by atoms with Crippen molar-refractivity contribution < 1.29 is 18.0 Å². The van der Waals surface area contributed by atoms with Gasteiger partial charge in [-0.2, -0.15) is 0 Å². The number of hydrogen-bond acceptors (Lipinski definition) is 10. The monoisotopic (exact) mass is 450 g/mol. The van der Waals surface area contributed by atoms with Crippen molar-refractivity contribution in [3.05, 3.63) is 29.4 Å². The van der Waals surface area contributed by atoms with Crippen LogP contribution in [-0.2, 0) is 14.7 Å². The van der Waals surface area contributed by atoms with Gasteiger partial charge in [0.05, 0.1) is 24.7 Å². The maximum Gasteiger partial charge on any atom is 0.288 e. The van der Waals surface area contributed by atoms with Crippen LogP contribution < -0.4 is 10.6 Å². The maximum absolute atomic E-state index is 12.2. The van der Waals surface area contributed by atoms with Gasteiger partial charge in [-0.1, -0.05) is 17.3 Å². The fourth-order valence-electron chi connectivity index (χ4n) is 2.69. The normalized spacial score (nSPS) is 14.8. The molecule has 10 nitrogen and oxygen atoms in total. The second kappa shape index (κ2) is 9.40. The molecule has 1 aliphatic rings. The van der Waals surface area contributed by atoms with Crippen molar-refractivity contribution in [2.75, 3.05) is 57.5 Å². The Bertz CT molecular complexity index is 1050. The van der Waals surface area contributed by atoms with E-state index in [2.05, 4.69) is 30.9 Å². The lowest BCUT2D eigenvalue weighted by Gasteiger charge is -2.33. The Morgan fingerprint density at radius 2 is 2.00 bits per heavy atom. The largest absolute Gasteiger partial charge is 0.384 e. The van der Waals surface area contributed by atoms with Gasteiger partial charge in [0.15, 0.2) is 5.13 Å². The number of carbonyl (C=O) groups excluding carboxylic acids is 1. The first-order chi connectivity index (χ1) is 14.3. The molecule has 3 rings (SSSR count). The number of hydroxylamine groups is 2. The first-order valence-electron chi connectivity index (χ1n) is 9.01. The van der Waals surface area contributed by atoms with Crippen molar-refractivity contribution in [2.45, 2.75) is 4.90 Å². The fraction of sp³-hybridized carbons (Fsp3) is 0.389. The Balaban J connectivity index is 1.53. The topological polar surface area (TPSA) is 122 Å². The zero-order chi connectivity index (χ0) is 21.7. The van der Waals surface area contributed by atoms with Crippen LogP contribution in [0.4, 0.5) is 10.9 Å². The minimum atomic E-state index is -3.72. The minimum Gasteiger partial charge on any atom is -0.384 e. The van der Waals surface area contributed by atoms with E-state index in [-0.39, 0.29) is 16.6 Å². The van der Waals surface area contributed by atoms with E-state index in [0.29, 0.717) is 37.6 Å². The van der Waals surface area contributed by atoms with Crippen molar-refractivity contribution >= 4 is 38.0 Å². The second-order valence-corrected chi connectivity index (χ2v) is 9.15. The number of nitrogens with two attached hydrogens (primary N) is 1. The Kier molecular flexibility index (Phi) is 6.88. The maximum atomic E-state index is 12.2. The first-order valence-corrected chi connectivity index (χ1v) is 11.3. The number of sulfone groups is 1. The van der Waals surface area contributed by atoms with Gasteiger partial charge in [-0.05, 0) is 12.1 Å². The Morgan fingerprint density at radius 3 is 2.63 bits per heavy atom. The second-order valence-electron chi connectivity index (χ2n) is 6.46. The van der Waals surface area contributed by atoms with Crippen LogP contribution >= 0.6 is 11.3 Å². The number of rotatable bonds is 5. The van der Waals surface area contributed by atoms with Gasteiger partial charge in [-0.25, -0.2) is 23.4 Å². The average molecular weight is 451 g/mol. The molecule has 0 bridgehead atoms. The van der Waals surface area contributed by atoms with Crippen molar-refractivity contribution in [3.8, 4) is 11.2 Å². The number of aromatic nitrogens is 2. The summed E-state index contributed by atoms with van der Waals surface area (Å²) in [5, 5.41) is 4.26. The summed E-state index contributed by atoms with van der Waals surface area (Å²) in [5.74, 6) is 2.74. The number of hydrogen-bond donors (Lipinski definition) is 1. The summed E-state index contributed by atoms with van der Waals surface area (Å²) < 4.78 is 24.4. The van der Waals surface area contributed by atoms with Crippen LogP contribution in [0.5, 0.6) is 0 Å². The minimum absolute atomic E-state index is 0.0299. The van der Waals surface area contributed by atoms with Crippen LogP contribution in [0.3, 0.4) is 0 Å². The van der Waals surface area contributed by atoms with Crippen LogP contribution in [0.1, 0.15) is 9.67 Å². The summed E-state index contributed by atoms with van der Waals surface area (Å²) in [5.41, 5.74) is 5.48. The van der Waals surface area contributed by atoms with E-state index < -0.39 is 9.84 Å². The molecule has 12 heteroatoms. The van der Waals surface area contributed by atoms with Gasteiger partial charge in [0, 0.05) is 44.7 Å². The Hall–Kier alpha value is -2.72. The number of piperazine rings is 1. The summed E-state index contributed by atoms with van der Waals surface area (Å²) in [6.07, 6.45) is 2.75. The van der Waals surface area contributed by atoms with Crippen LogP contribution in [0.25, 0.3) is 0 Å². The number of pyridine rings is 1. The molecule has 0 radical (unpaired) electrons. The van der Waals surface area contributed by atoms with E-state index in [1.54, 1.807) is 13.2 Å². The molecule has 1 fully saturated rings. The molecule has 2 aromatic rings. The molecule has 2 N–H and O–H groups in total. The van der Waals surface area contributed by atoms with E-state index in [0.717, 1.165) is 10.2 Å². The lowest BCUT2D eigenvalue weighted by atomic mass is 10.3. The van der Waals surface area contributed by atoms with Crippen LogP contribution in [-0.4, -0.2) is 81.1 Å². The molecule has 1 aliphatic heterocycles. The quantitative estimate of drug-likeness (QED) is 0.389. The molecule has 3 heterocycles. The van der Waals surface area contributed by atoms with Gasteiger partial charge in [0.2, 0.25) is 9.84 Å². The molecule has 30 heavy (non-hydrogen) atoms. The lowest BCUT2D eigenvalue weighted by molar-refractivity contribution is -0.0754. The summed E-state index contributed by atoms with van der Waals surface area (Å²) >= 11 is 1.32. The van der Waals surface area contributed by atoms with Crippen molar-refractivity contribution in [1.29, 1.82) is 0 Å². The molecule has 0 aromatic carbocycles. The van der Waals surface area contributed by atoms with Crippen molar-refractivity contribution in [1.82, 2.24) is 19.9 Å². The van der Waals surface area contributed by atoms with Gasteiger partial charge in [-0.15, -0.1) is 0 Å². The molecule has 160 valence electrons. The Morgan fingerprint density at radius 1 is 1.27 bits per heavy atom. The zero-order valence-electron chi connectivity index (χ0n) is 16.6. The van der Waals surface area contributed by atoms with E-state index in [1.165, 1.54) is 36.8 Å². The van der Waals surface area contributed by atoms with E-state index in [1.807, 2.05) is 0 Å². The molecular formula is C18H22N6O4S2. The zero-order valence-corrected chi connectivity index (χ0v) is 18.2. The summed E-state index contributed by atoms with van der Waals surface area (Å²) in [6.45, 7) is 3.17. The van der Waals surface area contributed by atoms with Crippen molar-refractivity contribution in [2.24, 2.45) is 0 Å². The lowest BCUT2D eigenvalue weighted by Crippen LogP contribution is -2.46. The molecule has 1 saturated heterocycles. The highest BCUT2D eigenvalue weighted by atomic mass is 32.2. The number of nitrogen functional groups attached to an aromatic ring is 1. The van der Waals surface area contributed by atoms with Crippen LogP contribution in [0.15, 0.2) is 29.4 Å². The van der Waals surface area contributed by atoms with Crippen LogP contribution in [0, 0.1) is 11.2 Å². The number of carbonyl (C=O) groups is 1. The van der Waals surface area contributed by atoms with Gasteiger partial charge in [-0.3, -0.25) is 14.5 Å². The highest BCUT2D eigenvalue weighted by Crippen LogP contribution is 2.24. The van der Waals surface area contributed by atoms with E-state index in [4.69, 9.17) is 10.6 Å². The predicted molar refractivity (Wildman–Crippen MR) is 113 cm³/mol. The van der Waals surface area contributed by atoms with Gasteiger partial charge < -0.3 is 10.6 Å². The molecule has 2 aromatic heterocycles. The summed E-state index contributed by atoms with van der Waals surface area (Å²) in [6, 6.07) is 2.82. The summed E-state index contributed by atoms with van der Waals surface area (Å²) in [4.78, 5) is 29.8. The number of anilines is 2. The number of thiazole rings is 1. The molecule has 0 spiro atoms. The number of amides is 1.